The molecule has 0 amide bonds. The first-order valence-electron chi connectivity index (χ1n) is 12.1. The van der Waals surface area contributed by atoms with Crippen LogP contribution in [-0.4, -0.2) is 48.4 Å². The molecule has 2 aromatic carbocycles. The molecule has 0 aliphatic carbocycles. The molecule has 1 fully saturated rings. The number of piperazine rings is 1. The quantitative estimate of drug-likeness (QED) is 0.315. The number of rotatable bonds is 5. The Hall–Kier alpha value is -1.57. The molecule has 8 heteroatoms. The summed E-state index contributed by atoms with van der Waals surface area (Å²) in [7, 11) is 2.21. The molecule has 3 aromatic rings. The second kappa shape index (κ2) is 12.8. The zero-order valence-electron chi connectivity index (χ0n) is 20.9. The zero-order chi connectivity index (χ0) is 23.7. The van der Waals surface area contributed by atoms with Crippen LogP contribution in [0.1, 0.15) is 36.3 Å². The highest BCUT2D eigenvalue weighted by atomic mass is 35.5. The van der Waals surface area contributed by atoms with Crippen LogP contribution in [0.5, 0.6) is 0 Å². The maximum atomic E-state index is 13.7. The number of hydrogen-bond donors (Lipinski definition) is 0. The van der Waals surface area contributed by atoms with Crippen molar-refractivity contribution >= 4 is 59.4 Å². The third-order valence-corrected chi connectivity index (χ3v) is 9.05. The predicted octanol–water partition coefficient (Wildman–Crippen LogP) is 7.72. The van der Waals surface area contributed by atoms with E-state index >= 15 is 0 Å². The predicted molar refractivity (Wildman–Crippen MR) is 157 cm³/mol. The number of hydrogen-bond acceptors (Lipinski definition) is 5. The van der Waals surface area contributed by atoms with Crippen molar-refractivity contribution in [2.75, 3.05) is 26.7 Å². The summed E-state index contributed by atoms with van der Waals surface area (Å²) in [5, 5.41) is 0. The van der Waals surface area contributed by atoms with Gasteiger partial charge in [-0.2, -0.15) is 0 Å². The summed E-state index contributed by atoms with van der Waals surface area (Å²) in [5.74, 6) is 1.60. The maximum Gasteiger partial charge on any atom is 0.138 e. The van der Waals surface area contributed by atoms with Crippen LogP contribution in [0.2, 0.25) is 0 Å². The lowest BCUT2D eigenvalue weighted by Gasteiger charge is -2.41. The molecular weight excluding hydrogens is 532 g/mol. The Morgan fingerprint density at radius 3 is 2.64 bits per heavy atom. The summed E-state index contributed by atoms with van der Waals surface area (Å²) >= 11 is 3.79. The zero-order valence-corrected chi connectivity index (χ0v) is 24.2. The Kier molecular flexibility index (Phi) is 10.3. The minimum absolute atomic E-state index is 0. The number of nitrogens with zero attached hydrogens (tertiary/aromatic N) is 3. The van der Waals surface area contributed by atoms with Crippen molar-refractivity contribution in [3.63, 3.8) is 0 Å². The average Bonchev–Trinajstić information content (AvgIpc) is 3.12. The van der Waals surface area contributed by atoms with Crippen LogP contribution >= 0.6 is 47.9 Å². The second-order valence-corrected chi connectivity index (χ2v) is 12.2. The number of amidine groups is 1. The first-order valence-corrected chi connectivity index (χ1v) is 13.8. The first kappa shape index (κ1) is 29.0. The van der Waals surface area contributed by atoms with Crippen LogP contribution in [0.25, 0.3) is 0 Å². The van der Waals surface area contributed by atoms with E-state index in [2.05, 4.69) is 61.0 Å². The fourth-order valence-electron chi connectivity index (χ4n) is 4.78. The molecule has 0 saturated carbocycles. The van der Waals surface area contributed by atoms with Crippen LogP contribution in [0.3, 0.4) is 0 Å². The van der Waals surface area contributed by atoms with Crippen molar-refractivity contribution in [1.29, 1.82) is 0 Å². The highest BCUT2D eigenvalue weighted by molar-refractivity contribution is 8.01. The second-order valence-electron chi connectivity index (χ2n) is 9.77. The molecule has 3 nitrogen and oxygen atoms in total. The SMILES string of the molecule is CC(C)Cc1cc2c(s1)Sc1ccccc1N=C2N1CCN(C)[C@@H](CCc2cccc(F)c2)C1.Cl.Cl. The number of benzene rings is 2. The van der Waals surface area contributed by atoms with Crippen molar-refractivity contribution in [3.05, 3.63) is 76.4 Å². The Morgan fingerprint density at radius 1 is 1.06 bits per heavy atom. The van der Waals surface area contributed by atoms with E-state index in [1.807, 2.05) is 35.2 Å². The monoisotopic (exact) mass is 565 g/mol. The molecule has 0 bridgehead atoms. The number of aryl methyl sites for hydroxylation is 1. The van der Waals surface area contributed by atoms with E-state index in [-0.39, 0.29) is 30.6 Å². The topological polar surface area (TPSA) is 18.8 Å². The van der Waals surface area contributed by atoms with Gasteiger partial charge in [-0.25, -0.2) is 9.38 Å². The molecule has 0 radical (unpaired) electrons. The van der Waals surface area contributed by atoms with E-state index in [4.69, 9.17) is 4.99 Å². The normalized spacial score (nSPS) is 17.4. The van der Waals surface area contributed by atoms with E-state index in [1.165, 1.54) is 25.6 Å². The largest absolute Gasteiger partial charge is 0.353 e. The molecule has 1 atom stereocenters. The van der Waals surface area contributed by atoms with Crippen LogP contribution in [0.15, 0.2) is 68.7 Å². The van der Waals surface area contributed by atoms with E-state index in [0.717, 1.165) is 56.0 Å². The van der Waals surface area contributed by atoms with Gasteiger partial charge in [0.05, 0.1) is 9.90 Å². The van der Waals surface area contributed by atoms with E-state index in [1.54, 1.807) is 6.07 Å². The molecule has 1 saturated heterocycles. The Balaban J connectivity index is 0.00000180. The molecule has 0 unspecified atom stereocenters. The van der Waals surface area contributed by atoms with Crippen molar-refractivity contribution in [2.45, 2.75) is 48.3 Å². The summed E-state index contributed by atoms with van der Waals surface area (Å²) in [4.78, 5) is 12.9. The Morgan fingerprint density at radius 2 is 1.86 bits per heavy atom. The van der Waals surface area contributed by atoms with Crippen LogP contribution in [0, 0.1) is 11.7 Å². The molecule has 2 aliphatic rings. The molecule has 194 valence electrons. The minimum atomic E-state index is -0.151. The lowest BCUT2D eigenvalue weighted by Crippen LogP contribution is -2.53. The lowest BCUT2D eigenvalue weighted by atomic mass is 10.0. The van der Waals surface area contributed by atoms with Gasteiger partial charge in [-0.1, -0.05) is 49.9 Å². The van der Waals surface area contributed by atoms with Crippen molar-refractivity contribution < 1.29 is 4.39 Å². The van der Waals surface area contributed by atoms with Crippen molar-refractivity contribution in [2.24, 2.45) is 10.9 Å². The lowest BCUT2D eigenvalue weighted by molar-refractivity contribution is 0.134. The standard InChI is InChI=1S/C28H32FN3S2.2ClH/c1-19(2)15-23-17-24-27(30-25-9-4-5-10-26(25)34-28(24)33-23)32-14-13-31(3)22(18-32)12-11-20-7-6-8-21(29)16-20;;/h4-10,16-17,19,22H,11-15,18H2,1-3H3;2*1H/t22-;;/m0../s1. The van der Waals surface area contributed by atoms with Crippen molar-refractivity contribution in [1.82, 2.24) is 9.80 Å². The summed E-state index contributed by atoms with van der Waals surface area (Å²) in [5.41, 5.74) is 3.42. The number of aliphatic imine (C=N–C) groups is 1. The third kappa shape index (κ3) is 6.65. The average molecular weight is 567 g/mol. The number of para-hydroxylation sites is 1. The van der Waals surface area contributed by atoms with Crippen LogP contribution < -0.4 is 0 Å². The van der Waals surface area contributed by atoms with Gasteiger partial charge in [0, 0.05) is 41.0 Å². The summed E-state index contributed by atoms with van der Waals surface area (Å²) in [6.45, 7) is 7.47. The molecule has 3 heterocycles. The molecule has 36 heavy (non-hydrogen) atoms. The first-order chi connectivity index (χ1) is 16.5. The van der Waals surface area contributed by atoms with E-state index in [9.17, 15) is 4.39 Å². The molecule has 2 aliphatic heterocycles. The Labute approximate surface area is 235 Å². The fraction of sp³-hybridized carbons (Fsp3) is 0.393. The highest BCUT2D eigenvalue weighted by Crippen LogP contribution is 2.45. The van der Waals surface area contributed by atoms with Gasteiger partial charge < -0.3 is 4.90 Å². The molecule has 5 rings (SSSR count). The molecule has 0 spiro atoms. The van der Waals surface area contributed by atoms with Gasteiger partial charge in [-0.05, 0) is 68.1 Å². The fourth-order valence-corrected chi connectivity index (χ4v) is 7.46. The van der Waals surface area contributed by atoms with Gasteiger partial charge in [0.25, 0.3) is 0 Å². The summed E-state index contributed by atoms with van der Waals surface area (Å²) in [6.07, 6.45) is 2.99. The third-order valence-electron chi connectivity index (χ3n) is 6.63. The summed E-state index contributed by atoms with van der Waals surface area (Å²) < 4.78 is 15.0. The van der Waals surface area contributed by atoms with Gasteiger partial charge in [0.15, 0.2) is 0 Å². The molecule has 0 N–H and O–H groups in total. The highest BCUT2D eigenvalue weighted by Gasteiger charge is 2.30. The maximum absolute atomic E-state index is 13.7. The minimum Gasteiger partial charge on any atom is -0.353 e. The molecule has 1 aromatic heterocycles. The number of halogens is 3. The smallest absolute Gasteiger partial charge is 0.138 e. The van der Waals surface area contributed by atoms with Gasteiger partial charge in [-0.15, -0.1) is 36.2 Å². The van der Waals surface area contributed by atoms with E-state index < -0.39 is 0 Å². The number of likely N-dealkylation sites (N-methyl/N-ethyl adjacent to an activating group) is 1. The van der Waals surface area contributed by atoms with Crippen LogP contribution in [0.4, 0.5) is 10.1 Å². The van der Waals surface area contributed by atoms with Gasteiger partial charge in [0.2, 0.25) is 0 Å². The van der Waals surface area contributed by atoms with E-state index in [0.29, 0.717) is 12.0 Å². The van der Waals surface area contributed by atoms with Crippen LogP contribution in [-0.2, 0) is 12.8 Å². The Bertz CT molecular complexity index is 1200. The van der Waals surface area contributed by atoms with Gasteiger partial charge >= 0.3 is 0 Å². The number of thiophene rings is 1. The summed E-state index contributed by atoms with van der Waals surface area (Å²) in [6, 6.07) is 18.3. The van der Waals surface area contributed by atoms with Gasteiger partial charge in [0.1, 0.15) is 11.7 Å². The van der Waals surface area contributed by atoms with Crippen molar-refractivity contribution in [3.8, 4) is 0 Å². The van der Waals surface area contributed by atoms with Gasteiger partial charge in [-0.3, -0.25) is 4.90 Å². The number of fused-ring (bicyclic) bond motifs is 2. The molecular formula is C28H34Cl2FN3S2.